The molecule has 5 nitrogen and oxygen atoms in total. The van der Waals surface area contributed by atoms with Crippen molar-refractivity contribution in [3.05, 3.63) is 175 Å². The summed E-state index contributed by atoms with van der Waals surface area (Å²) in [7, 11) is 0. The molecule has 0 unspecified atom stereocenters. The van der Waals surface area contributed by atoms with E-state index in [0.29, 0.717) is 17.5 Å². The fraction of sp³-hybridized carbons (Fsp3) is 0.0625. The summed E-state index contributed by atoms with van der Waals surface area (Å²) in [4.78, 5) is 24.2. The number of aromatic nitrogens is 5. The van der Waals surface area contributed by atoms with Crippen LogP contribution in [0.5, 0.6) is 0 Å². The van der Waals surface area contributed by atoms with Gasteiger partial charge in [-0.15, -0.1) is 0 Å². The molecule has 0 saturated heterocycles. The number of hydrogen-bond acceptors (Lipinski definition) is 5. The largest absolute Gasteiger partial charge is 0.264 e. The van der Waals surface area contributed by atoms with Crippen molar-refractivity contribution in [1.82, 2.24) is 24.9 Å². The molecule has 0 radical (unpaired) electrons. The highest BCUT2D eigenvalue weighted by Crippen LogP contribution is 2.50. The molecule has 0 aliphatic heterocycles. The van der Waals surface area contributed by atoms with Crippen LogP contribution in [0.2, 0.25) is 0 Å². The zero-order valence-corrected chi connectivity index (χ0v) is 29.3. The maximum atomic E-state index is 5.21. The SMILES string of the molecule is CC1(C)c2ccccc2-c2cc3c(ccc4ccc(-c5nc(-c6ccccc6)nc(-c6cc(-c7cccnc7)cc(-c7cccnc7)c6)n5)cc43)cc21. The van der Waals surface area contributed by atoms with E-state index in [0.717, 1.165) is 38.9 Å². The second kappa shape index (κ2) is 12.1. The lowest BCUT2D eigenvalue weighted by Crippen LogP contribution is -2.14. The maximum Gasteiger partial charge on any atom is 0.164 e. The van der Waals surface area contributed by atoms with Crippen molar-refractivity contribution in [2.75, 3.05) is 0 Å². The topological polar surface area (TPSA) is 64.5 Å². The zero-order chi connectivity index (χ0) is 35.5. The minimum atomic E-state index is -0.0583. The lowest BCUT2D eigenvalue weighted by molar-refractivity contribution is 0.661. The van der Waals surface area contributed by atoms with Crippen molar-refractivity contribution in [3.63, 3.8) is 0 Å². The molecule has 9 aromatic rings. The Morgan fingerprint density at radius 3 is 1.64 bits per heavy atom. The van der Waals surface area contributed by atoms with Crippen molar-refractivity contribution in [2.24, 2.45) is 0 Å². The third kappa shape index (κ3) is 5.28. The van der Waals surface area contributed by atoms with E-state index in [-0.39, 0.29) is 5.41 Å². The molecule has 10 rings (SSSR count). The number of nitrogens with zero attached hydrogens (tertiary/aromatic N) is 5. The Labute approximate surface area is 307 Å². The van der Waals surface area contributed by atoms with Crippen LogP contribution >= 0.6 is 0 Å². The summed E-state index contributed by atoms with van der Waals surface area (Å²) in [6.45, 7) is 4.66. The number of rotatable bonds is 5. The number of pyridine rings is 2. The normalized spacial score (nSPS) is 12.9. The fourth-order valence-corrected chi connectivity index (χ4v) is 7.90. The molecular weight excluding hydrogens is 647 g/mol. The van der Waals surface area contributed by atoms with Gasteiger partial charge in [-0.2, -0.15) is 0 Å². The van der Waals surface area contributed by atoms with E-state index < -0.39 is 0 Å². The Bertz CT molecular complexity index is 2790. The molecule has 1 aliphatic carbocycles. The van der Waals surface area contributed by atoms with Crippen LogP contribution in [0.15, 0.2) is 164 Å². The van der Waals surface area contributed by atoms with E-state index in [4.69, 9.17) is 15.0 Å². The predicted octanol–water partition coefficient (Wildman–Crippen LogP) is 11.6. The Balaban J connectivity index is 1.18. The van der Waals surface area contributed by atoms with Crippen LogP contribution in [0.3, 0.4) is 0 Å². The number of hydrogen-bond donors (Lipinski definition) is 0. The van der Waals surface area contributed by atoms with Gasteiger partial charge in [0, 0.05) is 58.0 Å². The van der Waals surface area contributed by atoms with Crippen molar-refractivity contribution in [2.45, 2.75) is 19.3 Å². The molecule has 0 fully saturated rings. The van der Waals surface area contributed by atoms with Gasteiger partial charge in [0.15, 0.2) is 17.5 Å². The second-order valence-electron chi connectivity index (χ2n) is 14.2. The van der Waals surface area contributed by atoms with Crippen molar-refractivity contribution in [1.29, 1.82) is 0 Å². The first-order valence-corrected chi connectivity index (χ1v) is 17.9. The third-order valence-electron chi connectivity index (χ3n) is 10.6. The van der Waals surface area contributed by atoms with Gasteiger partial charge in [0.25, 0.3) is 0 Å². The summed E-state index contributed by atoms with van der Waals surface area (Å²) < 4.78 is 0. The second-order valence-corrected chi connectivity index (χ2v) is 14.2. The van der Waals surface area contributed by atoms with Crippen LogP contribution in [-0.4, -0.2) is 24.9 Å². The van der Waals surface area contributed by atoms with Crippen LogP contribution in [0.4, 0.5) is 0 Å². The Hall–Kier alpha value is -6.85. The molecule has 0 atom stereocenters. The monoisotopic (exact) mass is 679 g/mol. The lowest BCUT2D eigenvalue weighted by Gasteiger charge is -2.21. The first-order valence-electron chi connectivity index (χ1n) is 17.9. The van der Waals surface area contributed by atoms with Crippen molar-refractivity contribution >= 4 is 21.5 Å². The average Bonchev–Trinajstić information content (AvgIpc) is 3.45. The zero-order valence-electron chi connectivity index (χ0n) is 29.3. The maximum absolute atomic E-state index is 5.21. The first-order chi connectivity index (χ1) is 26.0. The summed E-state index contributed by atoms with van der Waals surface area (Å²) in [5.41, 5.74) is 12.1. The molecule has 0 amide bonds. The summed E-state index contributed by atoms with van der Waals surface area (Å²) in [6.07, 6.45) is 7.35. The van der Waals surface area contributed by atoms with Gasteiger partial charge in [-0.1, -0.05) is 105 Å². The Kier molecular flexibility index (Phi) is 7.08. The molecule has 0 saturated carbocycles. The van der Waals surface area contributed by atoms with Gasteiger partial charge >= 0.3 is 0 Å². The van der Waals surface area contributed by atoms with Gasteiger partial charge in [-0.25, -0.2) is 15.0 Å². The number of benzene rings is 6. The summed E-state index contributed by atoms with van der Waals surface area (Å²) in [5, 5.41) is 4.80. The predicted molar refractivity (Wildman–Crippen MR) is 215 cm³/mol. The molecule has 5 heteroatoms. The third-order valence-corrected chi connectivity index (χ3v) is 10.6. The van der Waals surface area contributed by atoms with Crippen LogP contribution < -0.4 is 0 Å². The van der Waals surface area contributed by atoms with E-state index in [1.807, 2.05) is 54.9 Å². The van der Waals surface area contributed by atoms with E-state index in [9.17, 15) is 0 Å². The highest BCUT2D eigenvalue weighted by molar-refractivity contribution is 6.11. The molecule has 3 heterocycles. The van der Waals surface area contributed by atoms with Gasteiger partial charge in [0.05, 0.1) is 0 Å². The Morgan fingerprint density at radius 2 is 0.943 bits per heavy atom. The Morgan fingerprint density at radius 1 is 0.377 bits per heavy atom. The van der Waals surface area contributed by atoms with E-state index in [1.54, 1.807) is 12.4 Å². The van der Waals surface area contributed by atoms with Crippen LogP contribution in [0.25, 0.3) is 89.1 Å². The standard InChI is InChI=1S/C48H33N5/c1-48(2)43-15-7-6-14-39(43)42-27-41-32(26-44(42)48)18-16-30-17-19-33(25-40(30)41)46-51-45(31-10-4-3-5-11-31)52-47(53-46)38-23-36(34-12-8-20-49-28-34)22-37(24-38)35-13-9-21-50-29-35/h3-29H,1-2H3. The molecule has 6 aromatic carbocycles. The fourth-order valence-electron chi connectivity index (χ4n) is 7.90. The van der Waals surface area contributed by atoms with Gasteiger partial charge < -0.3 is 0 Å². The molecule has 3 aromatic heterocycles. The van der Waals surface area contributed by atoms with E-state index >= 15 is 0 Å². The van der Waals surface area contributed by atoms with E-state index in [2.05, 4.69) is 121 Å². The molecule has 0 spiro atoms. The van der Waals surface area contributed by atoms with Crippen LogP contribution in [0, 0.1) is 0 Å². The molecule has 0 bridgehead atoms. The van der Waals surface area contributed by atoms with Gasteiger partial charge in [-0.05, 0) is 103 Å². The van der Waals surface area contributed by atoms with Crippen LogP contribution in [-0.2, 0) is 5.41 Å². The summed E-state index contributed by atoms with van der Waals surface area (Å²) >= 11 is 0. The van der Waals surface area contributed by atoms with Crippen LogP contribution in [0.1, 0.15) is 25.0 Å². The molecule has 53 heavy (non-hydrogen) atoms. The molecule has 0 N–H and O–H groups in total. The lowest BCUT2D eigenvalue weighted by atomic mass is 9.81. The first kappa shape index (κ1) is 30.9. The van der Waals surface area contributed by atoms with Gasteiger partial charge in [0.1, 0.15) is 0 Å². The smallest absolute Gasteiger partial charge is 0.164 e. The highest BCUT2D eigenvalue weighted by atomic mass is 15.0. The van der Waals surface area contributed by atoms with Crippen molar-refractivity contribution in [3.8, 4) is 67.5 Å². The molecule has 1 aliphatic rings. The van der Waals surface area contributed by atoms with Gasteiger partial charge in [-0.3, -0.25) is 9.97 Å². The minimum Gasteiger partial charge on any atom is -0.264 e. The average molecular weight is 680 g/mol. The highest BCUT2D eigenvalue weighted by Gasteiger charge is 2.35. The molecule has 250 valence electrons. The summed E-state index contributed by atoms with van der Waals surface area (Å²) in [5.74, 6) is 1.84. The quantitative estimate of drug-likeness (QED) is 0.169. The van der Waals surface area contributed by atoms with E-state index in [1.165, 1.54) is 43.8 Å². The molecular formula is C48H33N5. The van der Waals surface area contributed by atoms with Crippen molar-refractivity contribution < 1.29 is 0 Å². The minimum absolute atomic E-state index is 0.0583. The number of fused-ring (bicyclic) bond motifs is 6. The summed E-state index contributed by atoms with van der Waals surface area (Å²) in [6, 6.07) is 49.3. The van der Waals surface area contributed by atoms with Gasteiger partial charge in [0.2, 0.25) is 0 Å².